The van der Waals surface area contributed by atoms with E-state index in [-0.39, 0.29) is 5.91 Å². The van der Waals surface area contributed by atoms with Gasteiger partial charge < -0.3 is 10.4 Å². The number of amides is 1. The van der Waals surface area contributed by atoms with Crippen LogP contribution in [0.15, 0.2) is 18.2 Å². The average molecular weight is 276 g/mol. The molecule has 1 amide bonds. The third-order valence-electron chi connectivity index (χ3n) is 3.46. The Morgan fingerprint density at radius 1 is 1.30 bits per heavy atom. The van der Waals surface area contributed by atoms with Crippen LogP contribution >= 0.6 is 0 Å². The summed E-state index contributed by atoms with van der Waals surface area (Å²) in [6.45, 7) is 4.51. The molecule has 0 unspecified atom stereocenters. The van der Waals surface area contributed by atoms with Gasteiger partial charge >= 0.3 is 5.97 Å². The smallest absolute Gasteiger partial charge is 0.335 e. The molecule has 1 aromatic rings. The van der Waals surface area contributed by atoms with Crippen molar-refractivity contribution in [2.24, 2.45) is 0 Å². The summed E-state index contributed by atoms with van der Waals surface area (Å²) in [6.07, 6.45) is 2.06. The first-order valence-corrected chi connectivity index (χ1v) is 6.94. The summed E-state index contributed by atoms with van der Waals surface area (Å²) in [7, 11) is 0. The summed E-state index contributed by atoms with van der Waals surface area (Å²) >= 11 is 0. The Morgan fingerprint density at radius 2 is 2.05 bits per heavy atom. The van der Waals surface area contributed by atoms with Gasteiger partial charge in [-0.25, -0.2) is 4.79 Å². The van der Waals surface area contributed by atoms with Gasteiger partial charge in [0.15, 0.2) is 0 Å². The molecule has 20 heavy (non-hydrogen) atoms. The van der Waals surface area contributed by atoms with Gasteiger partial charge in [-0.1, -0.05) is 19.4 Å². The van der Waals surface area contributed by atoms with Gasteiger partial charge in [-0.05, 0) is 29.7 Å². The number of unbranched alkanes of at least 4 members (excludes halogenated alkanes) is 1. The minimum absolute atomic E-state index is 0.0321. The van der Waals surface area contributed by atoms with Crippen molar-refractivity contribution in [3.05, 3.63) is 34.9 Å². The summed E-state index contributed by atoms with van der Waals surface area (Å²) < 4.78 is 0. The van der Waals surface area contributed by atoms with Gasteiger partial charge in [0.2, 0.25) is 5.91 Å². The molecule has 0 spiro atoms. The lowest BCUT2D eigenvalue weighted by molar-refractivity contribution is -0.122. The minimum atomic E-state index is -0.913. The number of benzene rings is 1. The zero-order valence-corrected chi connectivity index (χ0v) is 11.7. The van der Waals surface area contributed by atoms with E-state index in [1.165, 1.54) is 0 Å². The quantitative estimate of drug-likeness (QED) is 0.775. The van der Waals surface area contributed by atoms with Crippen molar-refractivity contribution in [3.8, 4) is 0 Å². The molecular weight excluding hydrogens is 256 g/mol. The molecular formula is C15H20N2O3. The fraction of sp³-hybridized carbons (Fsp3) is 0.467. The Kier molecular flexibility index (Phi) is 4.74. The zero-order valence-electron chi connectivity index (χ0n) is 11.7. The summed E-state index contributed by atoms with van der Waals surface area (Å²) in [4.78, 5) is 24.7. The molecule has 2 N–H and O–H groups in total. The van der Waals surface area contributed by atoms with Gasteiger partial charge in [-0.3, -0.25) is 9.69 Å². The maximum Gasteiger partial charge on any atom is 0.335 e. The van der Waals surface area contributed by atoms with Crippen molar-refractivity contribution in [1.29, 1.82) is 0 Å². The van der Waals surface area contributed by atoms with Crippen LogP contribution in [0.5, 0.6) is 0 Å². The van der Waals surface area contributed by atoms with Crippen LogP contribution in [0.1, 0.15) is 41.3 Å². The molecule has 0 atom stereocenters. The lowest BCUT2D eigenvalue weighted by Crippen LogP contribution is -2.35. The van der Waals surface area contributed by atoms with Crippen LogP contribution in [-0.2, 0) is 17.9 Å². The van der Waals surface area contributed by atoms with E-state index in [4.69, 9.17) is 5.11 Å². The number of carbonyl (C=O) groups is 2. The van der Waals surface area contributed by atoms with Gasteiger partial charge in [0.1, 0.15) is 0 Å². The highest BCUT2D eigenvalue weighted by Gasteiger charge is 2.21. The molecule has 0 aliphatic carbocycles. The van der Waals surface area contributed by atoms with Crippen molar-refractivity contribution >= 4 is 11.9 Å². The van der Waals surface area contributed by atoms with Crippen molar-refractivity contribution in [2.45, 2.75) is 32.9 Å². The Morgan fingerprint density at radius 3 is 2.75 bits per heavy atom. The van der Waals surface area contributed by atoms with Gasteiger partial charge in [0.05, 0.1) is 12.1 Å². The number of carboxylic acid groups (broad SMARTS) is 1. The summed E-state index contributed by atoms with van der Waals surface area (Å²) in [6, 6.07) is 5.16. The van der Waals surface area contributed by atoms with Crippen LogP contribution in [0.25, 0.3) is 0 Å². The highest BCUT2D eigenvalue weighted by Crippen LogP contribution is 2.23. The second kappa shape index (κ2) is 6.52. The van der Waals surface area contributed by atoms with E-state index in [2.05, 4.69) is 12.2 Å². The van der Waals surface area contributed by atoms with E-state index in [0.29, 0.717) is 25.2 Å². The van der Waals surface area contributed by atoms with E-state index in [0.717, 1.165) is 30.5 Å². The molecule has 0 radical (unpaired) electrons. The Balaban J connectivity index is 1.89. The molecule has 1 heterocycles. The summed E-state index contributed by atoms with van der Waals surface area (Å²) in [5, 5.41) is 11.9. The molecule has 2 rings (SSSR count). The number of fused-ring (bicyclic) bond motifs is 1. The number of aromatic carboxylic acids is 1. The van der Waals surface area contributed by atoms with E-state index < -0.39 is 5.97 Å². The molecule has 0 saturated carbocycles. The lowest BCUT2D eigenvalue weighted by Gasteiger charge is -2.14. The monoisotopic (exact) mass is 276 g/mol. The zero-order chi connectivity index (χ0) is 14.5. The van der Waals surface area contributed by atoms with E-state index in [9.17, 15) is 9.59 Å². The van der Waals surface area contributed by atoms with Crippen LogP contribution in [0, 0.1) is 0 Å². The number of nitrogens with one attached hydrogen (secondary N) is 1. The van der Waals surface area contributed by atoms with Crippen LogP contribution in [0.4, 0.5) is 0 Å². The largest absolute Gasteiger partial charge is 0.478 e. The Hall–Kier alpha value is -1.88. The lowest BCUT2D eigenvalue weighted by atomic mass is 10.1. The molecule has 1 aromatic carbocycles. The molecule has 5 nitrogen and oxygen atoms in total. The molecule has 0 bridgehead atoms. The minimum Gasteiger partial charge on any atom is -0.478 e. The maximum atomic E-state index is 11.8. The molecule has 1 aliphatic heterocycles. The highest BCUT2D eigenvalue weighted by atomic mass is 16.4. The molecule has 1 aliphatic rings. The fourth-order valence-electron chi connectivity index (χ4n) is 2.37. The summed E-state index contributed by atoms with van der Waals surface area (Å²) in [5.41, 5.74) is 2.42. The molecule has 5 heteroatoms. The van der Waals surface area contributed by atoms with Crippen molar-refractivity contribution in [2.75, 3.05) is 13.1 Å². The first-order chi connectivity index (χ1) is 9.60. The normalized spacial score (nSPS) is 14.1. The van der Waals surface area contributed by atoms with E-state index in [1.807, 2.05) is 11.0 Å². The number of rotatable bonds is 6. The molecule has 0 saturated heterocycles. The van der Waals surface area contributed by atoms with Gasteiger partial charge in [0.25, 0.3) is 0 Å². The van der Waals surface area contributed by atoms with Crippen LogP contribution in [-0.4, -0.2) is 35.0 Å². The molecule has 0 fully saturated rings. The Labute approximate surface area is 118 Å². The Bertz CT molecular complexity index is 514. The molecule has 108 valence electrons. The van der Waals surface area contributed by atoms with Crippen LogP contribution < -0.4 is 5.32 Å². The third-order valence-corrected chi connectivity index (χ3v) is 3.46. The van der Waals surface area contributed by atoms with Gasteiger partial charge in [-0.15, -0.1) is 0 Å². The number of carbonyl (C=O) groups excluding carboxylic acids is 1. The van der Waals surface area contributed by atoms with E-state index in [1.54, 1.807) is 12.1 Å². The second-order valence-corrected chi connectivity index (χ2v) is 5.14. The number of hydrogen-bond acceptors (Lipinski definition) is 3. The average Bonchev–Trinajstić information content (AvgIpc) is 2.79. The van der Waals surface area contributed by atoms with Gasteiger partial charge in [-0.2, -0.15) is 0 Å². The third kappa shape index (κ3) is 3.57. The van der Waals surface area contributed by atoms with Crippen LogP contribution in [0.3, 0.4) is 0 Å². The SMILES string of the molecule is CCCCNC(=O)CN1Cc2ccc(C(=O)O)cc2C1. The topological polar surface area (TPSA) is 69.6 Å². The van der Waals surface area contributed by atoms with Gasteiger partial charge in [0, 0.05) is 19.6 Å². The first-order valence-electron chi connectivity index (χ1n) is 6.94. The second-order valence-electron chi connectivity index (χ2n) is 5.14. The highest BCUT2D eigenvalue weighted by molar-refractivity contribution is 5.88. The van der Waals surface area contributed by atoms with E-state index >= 15 is 0 Å². The fourth-order valence-corrected chi connectivity index (χ4v) is 2.37. The maximum absolute atomic E-state index is 11.8. The molecule has 0 aromatic heterocycles. The number of carboxylic acids is 1. The van der Waals surface area contributed by atoms with Crippen molar-refractivity contribution in [1.82, 2.24) is 10.2 Å². The van der Waals surface area contributed by atoms with Crippen LogP contribution in [0.2, 0.25) is 0 Å². The summed E-state index contributed by atoms with van der Waals surface area (Å²) in [5.74, 6) is -0.881. The predicted octanol–water partition coefficient (Wildman–Crippen LogP) is 1.62. The number of hydrogen-bond donors (Lipinski definition) is 2. The van der Waals surface area contributed by atoms with Crippen molar-refractivity contribution < 1.29 is 14.7 Å². The van der Waals surface area contributed by atoms with Crippen molar-refractivity contribution in [3.63, 3.8) is 0 Å². The first kappa shape index (κ1) is 14.5. The standard InChI is InChI=1S/C15H20N2O3/c1-2-3-6-16-14(18)10-17-8-12-5-4-11(15(19)20)7-13(12)9-17/h4-5,7H,2-3,6,8-10H2,1H3,(H,16,18)(H,19,20). The predicted molar refractivity (Wildman–Crippen MR) is 75.4 cm³/mol. The number of nitrogens with zero attached hydrogens (tertiary/aromatic N) is 1.